The fourth-order valence-corrected chi connectivity index (χ4v) is 2.90. The van der Waals surface area contributed by atoms with Gasteiger partial charge in [0, 0.05) is 12.1 Å². The van der Waals surface area contributed by atoms with Crippen LogP contribution in [0.25, 0.3) is 0 Å². The molecule has 1 aromatic carbocycles. The first kappa shape index (κ1) is 14.3. The van der Waals surface area contributed by atoms with Gasteiger partial charge in [-0.25, -0.2) is 4.39 Å². The Morgan fingerprint density at radius 1 is 1.32 bits per heavy atom. The quantitative estimate of drug-likeness (QED) is 0.877. The standard InChI is InChI=1S/C16H24FNO/c1-12-8-9-14(17)10-16(12)19-11-15(18-2)13-6-4-3-5-7-13/h8-10,13,15,18H,3-7,11H2,1-2H3. The third-order valence-electron chi connectivity index (χ3n) is 4.16. The molecule has 0 saturated heterocycles. The van der Waals surface area contributed by atoms with E-state index in [0.29, 0.717) is 24.3 Å². The number of hydrogen-bond acceptors (Lipinski definition) is 2. The maximum atomic E-state index is 13.2. The molecule has 106 valence electrons. The van der Waals surface area contributed by atoms with Crippen molar-refractivity contribution in [1.29, 1.82) is 0 Å². The van der Waals surface area contributed by atoms with E-state index in [4.69, 9.17) is 4.74 Å². The molecule has 1 N–H and O–H groups in total. The highest BCUT2D eigenvalue weighted by Gasteiger charge is 2.23. The van der Waals surface area contributed by atoms with E-state index in [9.17, 15) is 4.39 Å². The van der Waals surface area contributed by atoms with Gasteiger partial charge in [0.25, 0.3) is 0 Å². The van der Waals surface area contributed by atoms with Gasteiger partial charge in [-0.1, -0.05) is 25.3 Å². The number of aryl methyl sites for hydroxylation is 1. The average molecular weight is 265 g/mol. The third kappa shape index (κ3) is 3.93. The van der Waals surface area contributed by atoms with Gasteiger partial charge in [-0.15, -0.1) is 0 Å². The lowest BCUT2D eigenvalue weighted by molar-refractivity contribution is 0.191. The molecular formula is C16H24FNO. The molecule has 0 aliphatic heterocycles. The lowest BCUT2D eigenvalue weighted by atomic mass is 9.84. The topological polar surface area (TPSA) is 21.3 Å². The Kier molecular flexibility index (Phi) is 5.20. The number of benzene rings is 1. The Morgan fingerprint density at radius 2 is 2.05 bits per heavy atom. The maximum Gasteiger partial charge on any atom is 0.126 e. The summed E-state index contributed by atoms with van der Waals surface area (Å²) in [5.41, 5.74) is 0.986. The normalized spacial score (nSPS) is 18.3. The molecule has 1 atom stereocenters. The molecule has 1 aliphatic rings. The smallest absolute Gasteiger partial charge is 0.126 e. The van der Waals surface area contributed by atoms with E-state index in [0.717, 1.165) is 5.56 Å². The lowest BCUT2D eigenvalue weighted by Crippen LogP contribution is -2.39. The van der Waals surface area contributed by atoms with Crippen molar-refractivity contribution in [2.24, 2.45) is 5.92 Å². The van der Waals surface area contributed by atoms with Gasteiger partial charge in [-0.05, 0) is 44.4 Å². The van der Waals surface area contributed by atoms with Crippen LogP contribution >= 0.6 is 0 Å². The maximum absolute atomic E-state index is 13.2. The van der Waals surface area contributed by atoms with Crippen LogP contribution in [0.2, 0.25) is 0 Å². The van der Waals surface area contributed by atoms with Crippen molar-refractivity contribution in [2.45, 2.75) is 45.1 Å². The molecule has 1 fully saturated rings. The largest absolute Gasteiger partial charge is 0.492 e. The van der Waals surface area contributed by atoms with Crippen LogP contribution in [0.1, 0.15) is 37.7 Å². The van der Waals surface area contributed by atoms with Crippen LogP contribution in [0, 0.1) is 18.7 Å². The summed E-state index contributed by atoms with van der Waals surface area (Å²) in [7, 11) is 1.99. The van der Waals surface area contributed by atoms with Crippen LogP contribution in [-0.2, 0) is 0 Å². The lowest BCUT2D eigenvalue weighted by Gasteiger charge is -2.30. The Hall–Kier alpha value is -1.09. The first-order chi connectivity index (χ1) is 9.20. The molecular weight excluding hydrogens is 241 g/mol. The highest BCUT2D eigenvalue weighted by atomic mass is 19.1. The van der Waals surface area contributed by atoms with Gasteiger partial charge in [-0.3, -0.25) is 0 Å². The first-order valence-electron chi connectivity index (χ1n) is 7.27. The minimum atomic E-state index is -0.237. The molecule has 0 amide bonds. The van der Waals surface area contributed by atoms with Crippen molar-refractivity contribution < 1.29 is 9.13 Å². The fraction of sp³-hybridized carbons (Fsp3) is 0.625. The van der Waals surface area contributed by atoms with Crippen molar-refractivity contribution >= 4 is 0 Å². The Labute approximate surface area is 115 Å². The van der Waals surface area contributed by atoms with Crippen LogP contribution in [0.15, 0.2) is 18.2 Å². The number of nitrogens with one attached hydrogen (secondary N) is 1. The van der Waals surface area contributed by atoms with Crippen molar-refractivity contribution in [2.75, 3.05) is 13.7 Å². The van der Waals surface area contributed by atoms with E-state index in [-0.39, 0.29) is 5.82 Å². The molecule has 1 aliphatic carbocycles. The van der Waals surface area contributed by atoms with Crippen LogP contribution < -0.4 is 10.1 Å². The van der Waals surface area contributed by atoms with Gasteiger partial charge in [0.2, 0.25) is 0 Å². The minimum absolute atomic E-state index is 0.237. The molecule has 1 saturated carbocycles. The van der Waals surface area contributed by atoms with Crippen LogP contribution in [0.4, 0.5) is 4.39 Å². The summed E-state index contributed by atoms with van der Waals surface area (Å²) in [6.45, 7) is 2.56. The van der Waals surface area contributed by atoms with Gasteiger partial charge in [0.15, 0.2) is 0 Å². The van der Waals surface area contributed by atoms with Crippen LogP contribution in [0.3, 0.4) is 0 Å². The van der Waals surface area contributed by atoms with Crippen molar-refractivity contribution in [3.05, 3.63) is 29.6 Å². The first-order valence-corrected chi connectivity index (χ1v) is 7.27. The zero-order valence-corrected chi connectivity index (χ0v) is 11.9. The van der Waals surface area contributed by atoms with Gasteiger partial charge < -0.3 is 10.1 Å². The third-order valence-corrected chi connectivity index (χ3v) is 4.16. The Morgan fingerprint density at radius 3 is 2.74 bits per heavy atom. The zero-order chi connectivity index (χ0) is 13.7. The van der Waals surface area contributed by atoms with Crippen LogP contribution in [0.5, 0.6) is 5.75 Å². The minimum Gasteiger partial charge on any atom is -0.492 e. The Balaban J connectivity index is 1.93. The van der Waals surface area contributed by atoms with E-state index >= 15 is 0 Å². The van der Waals surface area contributed by atoms with Crippen molar-refractivity contribution in [1.82, 2.24) is 5.32 Å². The summed E-state index contributed by atoms with van der Waals surface area (Å²) >= 11 is 0. The molecule has 0 bridgehead atoms. The molecule has 1 aromatic rings. The van der Waals surface area contributed by atoms with Crippen molar-refractivity contribution in [3.63, 3.8) is 0 Å². The van der Waals surface area contributed by atoms with Gasteiger partial charge in [0.05, 0.1) is 0 Å². The number of halogens is 1. The second-order valence-corrected chi connectivity index (χ2v) is 5.51. The number of likely N-dealkylation sites (N-methyl/N-ethyl adjacent to an activating group) is 1. The fourth-order valence-electron chi connectivity index (χ4n) is 2.90. The molecule has 2 rings (SSSR count). The van der Waals surface area contributed by atoms with Gasteiger partial charge >= 0.3 is 0 Å². The molecule has 0 radical (unpaired) electrons. The second-order valence-electron chi connectivity index (χ2n) is 5.51. The second kappa shape index (κ2) is 6.90. The molecule has 2 nitrogen and oxygen atoms in total. The van der Waals surface area contributed by atoms with E-state index in [1.54, 1.807) is 6.07 Å². The summed E-state index contributed by atoms with van der Waals surface area (Å²) in [5, 5.41) is 3.36. The summed E-state index contributed by atoms with van der Waals surface area (Å²) in [6, 6.07) is 5.07. The molecule has 19 heavy (non-hydrogen) atoms. The summed E-state index contributed by atoms with van der Waals surface area (Å²) < 4.78 is 19.0. The van der Waals surface area contributed by atoms with Crippen LogP contribution in [-0.4, -0.2) is 19.7 Å². The summed E-state index contributed by atoms with van der Waals surface area (Å²) in [4.78, 5) is 0. The van der Waals surface area contributed by atoms with Crippen molar-refractivity contribution in [3.8, 4) is 5.75 Å². The highest BCUT2D eigenvalue weighted by molar-refractivity contribution is 5.32. The summed E-state index contributed by atoms with van der Waals surface area (Å²) in [6.07, 6.45) is 6.55. The SMILES string of the molecule is CNC(COc1cc(F)ccc1C)C1CCCCC1. The molecule has 0 heterocycles. The zero-order valence-electron chi connectivity index (χ0n) is 11.9. The van der Waals surface area contributed by atoms with Gasteiger partial charge in [0.1, 0.15) is 18.2 Å². The Bertz CT molecular complexity index is 402. The molecule has 0 aromatic heterocycles. The highest BCUT2D eigenvalue weighted by Crippen LogP contribution is 2.27. The molecule has 3 heteroatoms. The number of ether oxygens (including phenoxy) is 1. The van der Waals surface area contributed by atoms with E-state index in [1.165, 1.54) is 44.2 Å². The number of hydrogen-bond donors (Lipinski definition) is 1. The predicted molar refractivity (Wildman–Crippen MR) is 76.1 cm³/mol. The number of rotatable bonds is 5. The predicted octanol–water partition coefficient (Wildman–Crippen LogP) is 3.68. The summed E-state index contributed by atoms with van der Waals surface area (Å²) in [5.74, 6) is 1.11. The van der Waals surface area contributed by atoms with E-state index in [1.807, 2.05) is 14.0 Å². The van der Waals surface area contributed by atoms with E-state index in [2.05, 4.69) is 5.32 Å². The monoisotopic (exact) mass is 265 g/mol. The average Bonchev–Trinajstić information content (AvgIpc) is 2.44. The molecule has 1 unspecified atom stereocenters. The van der Waals surface area contributed by atoms with Gasteiger partial charge in [-0.2, -0.15) is 0 Å². The van der Waals surface area contributed by atoms with E-state index < -0.39 is 0 Å². The molecule has 0 spiro atoms.